The summed E-state index contributed by atoms with van der Waals surface area (Å²) in [6.45, 7) is 0. The van der Waals surface area contributed by atoms with Crippen LogP contribution < -0.4 is 4.73 Å². The lowest BCUT2D eigenvalue weighted by Crippen LogP contribution is -2.25. The molecule has 4 nitrogen and oxygen atoms in total. The van der Waals surface area contributed by atoms with Gasteiger partial charge in [-0.2, -0.15) is 0 Å². The normalized spacial score (nSPS) is 10.4. The maximum absolute atomic E-state index is 10.8. The molecule has 2 aromatic heterocycles. The van der Waals surface area contributed by atoms with Crippen LogP contribution in [0.5, 0.6) is 0 Å². The zero-order chi connectivity index (χ0) is 6.97. The molecule has 4 heteroatoms. The summed E-state index contributed by atoms with van der Waals surface area (Å²) in [4.78, 5) is 3.68. The zero-order valence-corrected chi connectivity index (χ0v) is 5.02. The summed E-state index contributed by atoms with van der Waals surface area (Å²) < 4.78 is 5.45. The van der Waals surface area contributed by atoms with Gasteiger partial charge in [0.2, 0.25) is 0 Å². The smallest absolute Gasteiger partial charge is 0.303 e. The lowest BCUT2D eigenvalue weighted by molar-refractivity contribution is -0.588. The molecule has 0 saturated carbocycles. The Morgan fingerprint density at radius 3 is 3.30 bits per heavy atom. The molecule has 0 bridgehead atoms. The average molecular weight is 136 g/mol. The molecule has 0 aliphatic heterocycles. The number of aromatic nitrogens is 2. The van der Waals surface area contributed by atoms with Crippen molar-refractivity contribution < 1.29 is 9.15 Å². The van der Waals surface area contributed by atoms with Gasteiger partial charge in [0, 0.05) is 0 Å². The second-order valence-electron chi connectivity index (χ2n) is 1.90. The van der Waals surface area contributed by atoms with Crippen molar-refractivity contribution in [2.24, 2.45) is 0 Å². The van der Waals surface area contributed by atoms with Crippen LogP contribution in [0.2, 0.25) is 0 Å². The predicted octanol–water partition coefficient (Wildman–Crippen LogP) is 0.461. The number of hydrogen-bond acceptors (Lipinski definition) is 3. The molecule has 0 N–H and O–H groups in total. The number of hydrogen-bond donors (Lipinski definition) is 0. The number of rotatable bonds is 0. The molecule has 2 rings (SSSR count). The molecule has 2 aromatic rings. The molecule has 0 aliphatic carbocycles. The Balaban J connectivity index is 2.95. The first-order valence-electron chi connectivity index (χ1n) is 2.78. The maximum atomic E-state index is 10.8. The van der Waals surface area contributed by atoms with Crippen LogP contribution in [0.4, 0.5) is 0 Å². The van der Waals surface area contributed by atoms with E-state index >= 15 is 0 Å². The number of fused-ring (bicyclic) bond motifs is 1. The van der Waals surface area contributed by atoms with E-state index < -0.39 is 0 Å². The van der Waals surface area contributed by atoms with Crippen molar-refractivity contribution in [3.05, 3.63) is 30.1 Å². The van der Waals surface area contributed by atoms with E-state index in [9.17, 15) is 5.21 Å². The monoisotopic (exact) mass is 136 g/mol. The molecule has 0 unspecified atom stereocenters. The van der Waals surface area contributed by atoms with Crippen LogP contribution in [0.1, 0.15) is 0 Å². The molecular formula is C6H4N2O2. The molecule has 0 amide bonds. The van der Waals surface area contributed by atoms with Crippen molar-refractivity contribution in [2.75, 3.05) is 0 Å². The Hall–Kier alpha value is -1.58. The van der Waals surface area contributed by atoms with Gasteiger partial charge in [-0.3, -0.25) is 0 Å². The van der Waals surface area contributed by atoms with E-state index in [1.807, 2.05) is 0 Å². The summed E-state index contributed by atoms with van der Waals surface area (Å²) in [6.07, 6.45) is 4.19. The van der Waals surface area contributed by atoms with Gasteiger partial charge in [-0.1, -0.05) is 4.98 Å². The molecule has 2 heterocycles. The third-order valence-corrected chi connectivity index (χ3v) is 1.26. The average Bonchev–Trinajstić information content (AvgIpc) is 2.36. The van der Waals surface area contributed by atoms with Gasteiger partial charge in [0.05, 0.1) is 6.26 Å². The van der Waals surface area contributed by atoms with Crippen LogP contribution >= 0.6 is 0 Å². The predicted molar refractivity (Wildman–Crippen MR) is 33.0 cm³/mol. The summed E-state index contributed by atoms with van der Waals surface area (Å²) in [7, 11) is 0. The third kappa shape index (κ3) is 0.556. The topological polar surface area (TPSA) is 53.0 Å². The highest BCUT2D eigenvalue weighted by atomic mass is 16.5. The molecule has 0 saturated heterocycles. The van der Waals surface area contributed by atoms with Crippen molar-refractivity contribution in [3.8, 4) is 0 Å². The highest BCUT2D eigenvalue weighted by molar-refractivity contribution is 5.68. The van der Waals surface area contributed by atoms with Crippen molar-refractivity contribution in [3.63, 3.8) is 0 Å². The summed E-state index contributed by atoms with van der Waals surface area (Å²) in [5, 5.41) is 11.5. The Morgan fingerprint density at radius 1 is 1.60 bits per heavy atom. The van der Waals surface area contributed by atoms with Gasteiger partial charge >= 0.3 is 5.71 Å². The minimum absolute atomic E-state index is 0.301. The molecule has 0 spiro atoms. The Labute approximate surface area is 56.3 Å². The summed E-state index contributed by atoms with van der Waals surface area (Å²) >= 11 is 0. The van der Waals surface area contributed by atoms with Crippen molar-refractivity contribution in [2.45, 2.75) is 0 Å². The summed E-state index contributed by atoms with van der Waals surface area (Å²) in [5.74, 6) is 0. The Kier molecular flexibility index (Phi) is 0.887. The first-order valence-corrected chi connectivity index (χ1v) is 2.78. The minimum atomic E-state index is 0.301. The van der Waals surface area contributed by atoms with Gasteiger partial charge in [-0.15, -0.1) is 0 Å². The standard InChI is InChI=1S/C6H4N2O2/c9-8-4-7-3-5-1-2-10-6(5)8/h1-4H. The lowest BCUT2D eigenvalue weighted by Gasteiger charge is -1.95. The SMILES string of the molecule is [O-][n+]1cncc2ccoc21. The maximum Gasteiger partial charge on any atom is 0.303 e. The van der Waals surface area contributed by atoms with Gasteiger partial charge < -0.3 is 9.62 Å². The van der Waals surface area contributed by atoms with Crippen LogP contribution in [0, 0.1) is 5.21 Å². The number of furan rings is 1. The largest absolute Gasteiger partial charge is 0.708 e. The fourth-order valence-corrected chi connectivity index (χ4v) is 0.815. The quantitative estimate of drug-likeness (QED) is 0.390. The highest BCUT2D eigenvalue weighted by Crippen LogP contribution is 2.06. The van der Waals surface area contributed by atoms with E-state index in [0.717, 1.165) is 11.7 Å². The van der Waals surface area contributed by atoms with Gasteiger partial charge in [-0.25, -0.2) is 4.73 Å². The van der Waals surface area contributed by atoms with Crippen molar-refractivity contribution in [1.29, 1.82) is 0 Å². The minimum Gasteiger partial charge on any atom is -0.708 e. The third-order valence-electron chi connectivity index (χ3n) is 1.26. The van der Waals surface area contributed by atoms with Crippen LogP contribution in [-0.2, 0) is 0 Å². The van der Waals surface area contributed by atoms with Gasteiger partial charge in [0.15, 0.2) is 6.20 Å². The zero-order valence-electron chi connectivity index (χ0n) is 5.02. The highest BCUT2D eigenvalue weighted by Gasteiger charge is 2.02. The first-order chi connectivity index (χ1) is 4.88. The van der Waals surface area contributed by atoms with Crippen molar-refractivity contribution in [1.82, 2.24) is 4.98 Å². The lowest BCUT2D eigenvalue weighted by atomic mass is 10.4. The number of nitrogens with zero attached hydrogens (tertiary/aromatic N) is 2. The van der Waals surface area contributed by atoms with Crippen LogP contribution in [0.15, 0.2) is 29.3 Å². The van der Waals surface area contributed by atoms with Crippen molar-refractivity contribution >= 4 is 11.1 Å². The van der Waals surface area contributed by atoms with E-state index in [4.69, 9.17) is 4.42 Å². The Bertz CT molecular complexity index is 355. The second kappa shape index (κ2) is 1.70. The molecule has 50 valence electrons. The van der Waals surface area contributed by atoms with Crippen LogP contribution in [0.25, 0.3) is 11.1 Å². The summed E-state index contributed by atoms with van der Waals surface area (Å²) in [6, 6.07) is 1.69. The van der Waals surface area contributed by atoms with Gasteiger partial charge in [-0.05, 0) is 6.07 Å². The molecule has 0 atom stereocenters. The van der Waals surface area contributed by atoms with Gasteiger partial charge in [0.1, 0.15) is 5.39 Å². The summed E-state index contributed by atoms with van der Waals surface area (Å²) in [5.41, 5.74) is 0.301. The van der Waals surface area contributed by atoms with E-state index in [-0.39, 0.29) is 0 Å². The first kappa shape index (κ1) is 5.22. The fraction of sp³-hybridized carbons (Fsp3) is 0. The molecule has 0 fully saturated rings. The van der Waals surface area contributed by atoms with E-state index in [2.05, 4.69) is 4.98 Å². The molecular weight excluding hydrogens is 132 g/mol. The molecule has 0 radical (unpaired) electrons. The van der Waals surface area contributed by atoms with E-state index in [1.165, 1.54) is 6.26 Å². The van der Waals surface area contributed by atoms with E-state index in [0.29, 0.717) is 10.4 Å². The van der Waals surface area contributed by atoms with Crippen LogP contribution in [0.3, 0.4) is 0 Å². The molecule has 0 aromatic carbocycles. The fourth-order valence-electron chi connectivity index (χ4n) is 0.815. The van der Waals surface area contributed by atoms with Crippen LogP contribution in [-0.4, -0.2) is 4.98 Å². The van der Waals surface area contributed by atoms with Gasteiger partial charge in [0.25, 0.3) is 6.33 Å². The second-order valence-corrected chi connectivity index (χ2v) is 1.90. The molecule has 0 aliphatic rings. The van der Waals surface area contributed by atoms with E-state index in [1.54, 1.807) is 12.3 Å². The Morgan fingerprint density at radius 2 is 2.50 bits per heavy atom. The molecule has 10 heavy (non-hydrogen) atoms.